The van der Waals surface area contributed by atoms with Gasteiger partial charge in [0.1, 0.15) is 0 Å². The predicted molar refractivity (Wildman–Crippen MR) is 47.6 cm³/mol. The van der Waals surface area contributed by atoms with E-state index >= 15 is 0 Å². The Morgan fingerprint density at radius 1 is 1.64 bits per heavy atom. The lowest BCUT2D eigenvalue weighted by molar-refractivity contribution is -0.134. The SMILES string of the molecule is O=C(O)C(F)=C1C=CC=C2NNCC21. The molecule has 1 fully saturated rings. The molecule has 3 N–H and O–H groups in total. The Bertz CT molecular complexity index is 371. The van der Waals surface area contributed by atoms with E-state index in [1.54, 1.807) is 12.2 Å². The second-order valence-corrected chi connectivity index (χ2v) is 3.11. The summed E-state index contributed by atoms with van der Waals surface area (Å²) in [6.07, 6.45) is 4.92. The van der Waals surface area contributed by atoms with Crippen LogP contribution in [0.2, 0.25) is 0 Å². The van der Waals surface area contributed by atoms with Crippen LogP contribution < -0.4 is 10.9 Å². The average molecular weight is 196 g/mol. The van der Waals surface area contributed by atoms with Crippen LogP contribution in [0.4, 0.5) is 4.39 Å². The molecule has 1 heterocycles. The first-order valence-corrected chi connectivity index (χ1v) is 4.20. The molecule has 0 bridgehead atoms. The minimum Gasteiger partial charge on any atom is -0.476 e. The third-order valence-electron chi connectivity index (χ3n) is 2.28. The highest BCUT2D eigenvalue weighted by Gasteiger charge is 2.29. The number of hydrogen-bond donors (Lipinski definition) is 3. The van der Waals surface area contributed by atoms with Crippen LogP contribution in [0.1, 0.15) is 0 Å². The first kappa shape index (κ1) is 8.96. The zero-order chi connectivity index (χ0) is 10.1. The summed E-state index contributed by atoms with van der Waals surface area (Å²) in [5, 5.41) is 8.53. The number of rotatable bonds is 1. The van der Waals surface area contributed by atoms with Crippen molar-refractivity contribution in [3.8, 4) is 0 Å². The maximum atomic E-state index is 13.2. The van der Waals surface area contributed by atoms with E-state index in [4.69, 9.17) is 5.11 Å². The Morgan fingerprint density at radius 3 is 3.14 bits per heavy atom. The monoisotopic (exact) mass is 196 g/mol. The zero-order valence-corrected chi connectivity index (χ0v) is 7.25. The van der Waals surface area contributed by atoms with Crippen molar-refractivity contribution in [3.63, 3.8) is 0 Å². The van der Waals surface area contributed by atoms with Crippen molar-refractivity contribution in [2.75, 3.05) is 6.54 Å². The van der Waals surface area contributed by atoms with Crippen molar-refractivity contribution < 1.29 is 14.3 Å². The summed E-state index contributed by atoms with van der Waals surface area (Å²) in [6, 6.07) is 0. The van der Waals surface area contributed by atoms with Gasteiger partial charge in [-0.05, 0) is 6.08 Å². The van der Waals surface area contributed by atoms with Crippen LogP contribution in [0.15, 0.2) is 35.3 Å². The standard InChI is InChI=1S/C9H9FN2O2/c10-8(9(13)14)5-2-1-3-7-6(5)4-11-12-7/h1-3,6,11-12H,4H2,(H,13,14). The number of carboxylic acid groups (broad SMARTS) is 1. The number of carboxylic acids is 1. The van der Waals surface area contributed by atoms with Gasteiger partial charge in [-0.3, -0.25) is 0 Å². The van der Waals surface area contributed by atoms with E-state index in [1.807, 2.05) is 0 Å². The van der Waals surface area contributed by atoms with E-state index in [0.717, 1.165) is 5.70 Å². The molecule has 14 heavy (non-hydrogen) atoms. The van der Waals surface area contributed by atoms with Crippen LogP contribution >= 0.6 is 0 Å². The van der Waals surface area contributed by atoms with Crippen LogP contribution in [0.3, 0.4) is 0 Å². The number of nitrogens with one attached hydrogen (secondary N) is 2. The van der Waals surface area contributed by atoms with Gasteiger partial charge in [-0.2, -0.15) is 4.39 Å². The molecule has 0 aromatic carbocycles. The average Bonchev–Trinajstić information content (AvgIpc) is 2.63. The Labute approximate surface area is 79.8 Å². The third-order valence-corrected chi connectivity index (χ3v) is 2.28. The van der Waals surface area contributed by atoms with Gasteiger partial charge < -0.3 is 10.5 Å². The van der Waals surface area contributed by atoms with E-state index in [9.17, 15) is 9.18 Å². The van der Waals surface area contributed by atoms with E-state index in [-0.39, 0.29) is 11.5 Å². The van der Waals surface area contributed by atoms with E-state index in [0.29, 0.717) is 6.54 Å². The number of aliphatic carboxylic acids is 1. The van der Waals surface area contributed by atoms with Gasteiger partial charge in [0.15, 0.2) is 0 Å². The van der Waals surface area contributed by atoms with Crippen LogP contribution in [0.25, 0.3) is 0 Å². The molecule has 0 aromatic heterocycles. The molecule has 1 saturated heterocycles. The molecule has 0 saturated carbocycles. The van der Waals surface area contributed by atoms with Gasteiger partial charge in [0, 0.05) is 23.7 Å². The molecule has 0 amide bonds. The van der Waals surface area contributed by atoms with Crippen molar-refractivity contribution in [1.82, 2.24) is 10.9 Å². The molecular weight excluding hydrogens is 187 g/mol. The van der Waals surface area contributed by atoms with Crippen LogP contribution in [0, 0.1) is 5.92 Å². The van der Waals surface area contributed by atoms with Crippen molar-refractivity contribution in [2.24, 2.45) is 5.92 Å². The van der Waals surface area contributed by atoms with E-state index in [1.165, 1.54) is 6.08 Å². The summed E-state index contributed by atoms with van der Waals surface area (Å²) < 4.78 is 13.2. The lowest BCUT2D eigenvalue weighted by atomic mass is 9.92. The minimum atomic E-state index is -1.52. The molecule has 0 radical (unpaired) electrons. The van der Waals surface area contributed by atoms with Crippen molar-refractivity contribution in [2.45, 2.75) is 0 Å². The fourth-order valence-electron chi connectivity index (χ4n) is 1.61. The Kier molecular flexibility index (Phi) is 2.09. The molecule has 2 rings (SSSR count). The maximum absolute atomic E-state index is 13.2. The number of carbonyl (C=O) groups is 1. The van der Waals surface area contributed by atoms with Crippen molar-refractivity contribution in [3.05, 3.63) is 35.3 Å². The molecular formula is C9H9FN2O2. The molecule has 4 nitrogen and oxygen atoms in total. The summed E-state index contributed by atoms with van der Waals surface area (Å²) in [7, 11) is 0. The second-order valence-electron chi connectivity index (χ2n) is 3.11. The van der Waals surface area contributed by atoms with Gasteiger partial charge in [-0.1, -0.05) is 12.2 Å². The van der Waals surface area contributed by atoms with Crippen LogP contribution in [0.5, 0.6) is 0 Å². The van der Waals surface area contributed by atoms with Gasteiger partial charge in [0.2, 0.25) is 5.83 Å². The molecule has 1 aliphatic heterocycles. The Hall–Kier alpha value is -1.62. The highest BCUT2D eigenvalue weighted by molar-refractivity contribution is 5.86. The topological polar surface area (TPSA) is 61.4 Å². The molecule has 2 aliphatic rings. The number of halogens is 1. The normalized spacial score (nSPS) is 27.8. The zero-order valence-electron chi connectivity index (χ0n) is 7.25. The molecule has 1 unspecified atom stereocenters. The predicted octanol–water partition coefficient (Wildman–Crippen LogP) is 0.472. The smallest absolute Gasteiger partial charge is 0.365 e. The Balaban J connectivity index is 2.39. The highest BCUT2D eigenvalue weighted by atomic mass is 19.1. The molecule has 74 valence electrons. The summed E-state index contributed by atoms with van der Waals surface area (Å²) in [5.74, 6) is -2.81. The quantitative estimate of drug-likeness (QED) is 0.533. The largest absolute Gasteiger partial charge is 0.476 e. The summed E-state index contributed by atoms with van der Waals surface area (Å²) >= 11 is 0. The van der Waals surface area contributed by atoms with E-state index < -0.39 is 11.8 Å². The summed E-state index contributed by atoms with van der Waals surface area (Å²) in [5.41, 5.74) is 6.70. The summed E-state index contributed by atoms with van der Waals surface area (Å²) in [4.78, 5) is 10.5. The van der Waals surface area contributed by atoms with Crippen LogP contribution in [-0.2, 0) is 4.79 Å². The van der Waals surface area contributed by atoms with Gasteiger partial charge >= 0.3 is 5.97 Å². The second kappa shape index (κ2) is 3.26. The lowest BCUT2D eigenvalue weighted by Crippen LogP contribution is -2.20. The first-order chi connectivity index (χ1) is 6.70. The number of allylic oxidation sites excluding steroid dienone is 3. The number of fused-ring (bicyclic) bond motifs is 1. The van der Waals surface area contributed by atoms with Gasteiger partial charge in [0.25, 0.3) is 0 Å². The van der Waals surface area contributed by atoms with E-state index in [2.05, 4.69) is 10.9 Å². The van der Waals surface area contributed by atoms with Crippen molar-refractivity contribution >= 4 is 5.97 Å². The van der Waals surface area contributed by atoms with Crippen molar-refractivity contribution in [1.29, 1.82) is 0 Å². The minimum absolute atomic E-state index is 0.212. The number of hydrazine groups is 1. The van der Waals surface area contributed by atoms with Gasteiger partial charge in [-0.25, -0.2) is 10.2 Å². The van der Waals surface area contributed by atoms with Crippen LogP contribution in [-0.4, -0.2) is 17.6 Å². The van der Waals surface area contributed by atoms with Gasteiger partial charge in [0.05, 0.1) is 0 Å². The van der Waals surface area contributed by atoms with Gasteiger partial charge in [-0.15, -0.1) is 0 Å². The Morgan fingerprint density at radius 2 is 2.43 bits per heavy atom. The third kappa shape index (κ3) is 1.31. The molecule has 1 aliphatic carbocycles. The molecule has 0 spiro atoms. The molecule has 1 atom stereocenters. The summed E-state index contributed by atoms with van der Waals surface area (Å²) in [6.45, 7) is 0.506. The molecule has 5 heteroatoms. The number of hydrogen-bond acceptors (Lipinski definition) is 3. The lowest BCUT2D eigenvalue weighted by Gasteiger charge is -2.14. The first-order valence-electron chi connectivity index (χ1n) is 4.20. The fraction of sp³-hybridized carbons (Fsp3) is 0.222. The highest BCUT2D eigenvalue weighted by Crippen LogP contribution is 2.29. The molecule has 0 aromatic rings. The fourth-order valence-corrected chi connectivity index (χ4v) is 1.61. The maximum Gasteiger partial charge on any atom is 0.365 e.